The molecule has 0 aliphatic heterocycles. The zero-order valence-corrected chi connectivity index (χ0v) is 12.6. The molecule has 0 aliphatic carbocycles. The van der Waals surface area contributed by atoms with E-state index in [9.17, 15) is 13.2 Å². The molecule has 2 aromatic heterocycles. The van der Waals surface area contributed by atoms with Crippen molar-refractivity contribution in [1.82, 2.24) is 20.2 Å². The summed E-state index contributed by atoms with van der Waals surface area (Å²) >= 11 is 0. The number of aryl methyl sites for hydroxylation is 1. The summed E-state index contributed by atoms with van der Waals surface area (Å²) in [4.78, 5) is 8.36. The van der Waals surface area contributed by atoms with Gasteiger partial charge in [-0.25, -0.2) is 18.2 Å². The summed E-state index contributed by atoms with van der Waals surface area (Å²) in [5.41, 5.74) is 1.09. The van der Waals surface area contributed by atoms with Crippen LogP contribution in [0.25, 0.3) is 0 Å². The second kappa shape index (κ2) is 6.57. The van der Waals surface area contributed by atoms with Crippen molar-refractivity contribution in [2.45, 2.75) is 13.5 Å². The normalized spacial score (nSPS) is 10.7. The molecule has 6 nitrogen and oxygen atoms in total. The number of anilines is 3. The first-order valence-electron chi connectivity index (χ1n) is 6.99. The molecular formula is C15H13F3N6. The smallest absolute Gasteiger partial charge is 0.229 e. The molecule has 0 fully saturated rings. The third-order valence-electron chi connectivity index (χ3n) is 3.26. The minimum Gasteiger partial charge on any atom is -0.365 e. The maximum atomic E-state index is 13.7. The first kappa shape index (κ1) is 15.8. The molecule has 0 radical (unpaired) electrons. The van der Waals surface area contributed by atoms with Gasteiger partial charge in [0.2, 0.25) is 5.95 Å². The number of aromatic amines is 1. The van der Waals surface area contributed by atoms with Crippen LogP contribution in [-0.4, -0.2) is 20.2 Å². The van der Waals surface area contributed by atoms with Crippen LogP contribution >= 0.6 is 0 Å². The zero-order valence-electron chi connectivity index (χ0n) is 12.6. The Kier molecular flexibility index (Phi) is 4.32. The van der Waals surface area contributed by atoms with Crippen LogP contribution in [0.4, 0.5) is 30.6 Å². The van der Waals surface area contributed by atoms with E-state index in [4.69, 9.17) is 0 Å². The van der Waals surface area contributed by atoms with Crippen LogP contribution in [0.15, 0.2) is 30.7 Å². The highest BCUT2D eigenvalue weighted by molar-refractivity contribution is 5.54. The number of halogens is 3. The van der Waals surface area contributed by atoms with Crippen molar-refractivity contribution < 1.29 is 13.2 Å². The van der Waals surface area contributed by atoms with Gasteiger partial charge in [0.15, 0.2) is 0 Å². The third kappa shape index (κ3) is 3.45. The maximum Gasteiger partial charge on any atom is 0.229 e. The summed E-state index contributed by atoms with van der Waals surface area (Å²) in [5.74, 6) is -2.17. The Hall–Kier alpha value is -3.10. The third-order valence-corrected chi connectivity index (χ3v) is 3.26. The summed E-state index contributed by atoms with van der Waals surface area (Å²) in [5, 5.41) is 12.2. The first-order valence-corrected chi connectivity index (χ1v) is 6.99. The molecule has 0 bridgehead atoms. The number of H-pyrrole nitrogens is 1. The van der Waals surface area contributed by atoms with Gasteiger partial charge in [-0.2, -0.15) is 10.1 Å². The van der Waals surface area contributed by atoms with Gasteiger partial charge in [-0.05, 0) is 6.92 Å². The van der Waals surface area contributed by atoms with Gasteiger partial charge in [-0.15, -0.1) is 0 Å². The molecule has 0 saturated carbocycles. The topological polar surface area (TPSA) is 78.5 Å². The molecule has 3 N–H and O–H groups in total. The van der Waals surface area contributed by atoms with Crippen LogP contribution in [0.3, 0.4) is 0 Å². The molecule has 0 spiro atoms. The minimum absolute atomic E-state index is 0.180. The predicted octanol–water partition coefficient (Wildman–Crippen LogP) is 3.28. The van der Waals surface area contributed by atoms with Crippen molar-refractivity contribution in [1.29, 1.82) is 0 Å². The molecule has 0 atom stereocenters. The predicted molar refractivity (Wildman–Crippen MR) is 82.3 cm³/mol. The van der Waals surface area contributed by atoms with E-state index >= 15 is 0 Å². The van der Waals surface area contributed by atoms with E-state index < -0.39 is 17.5 Å². The Bertz CT molecular complexity index is 827. The van der Waals surface area contributed by atoms with Gasteiger partial charge in [0.1, 0.15) is 23.3 Å². The van der Waals surface area contributed by atoms with Gasteiger partial charge in [0.25, 0.3) is 0 Å². The molecule has 0 aliphatic rings. The molecule has 1 aromatic carbocycles. The van der Waals surface area contributed by atoms with Crippen LogP contribution < -0.4 is 10.6 Å². The Morgan fingerprint density at radius 3 is 2.54 bits per heavy atom. The zero-order chi connectivity index (χ0) is 17.1. The molecule has 3 rings (SSSR count). The highest BCUT2D eigenvalue weighted by atomic mass is 19.1. The number of nitrogens with zero attached hydrogens (tertiary/aromatic N) is 3. The van der Waals surface area contributed by atoms with E-state index in [1.165, 1.54) is 0 Å². The standard InChI is InChI=1S/C15H13F3N6/c1-8-4-20-15(23-10-5-21-22-6-10)24-14(8)19-7-11-12(17)2-9(16)3-13(11)18/h2-6H,7H2,1H3,(H,21,22)(H2,19,20,23,24). The van der Waals surface area contributed by atoms with E-state index in [0.717, 1.165) is 0 Å². The van der Waals surface area contributed by atoms with Crippen molar-refractivity contribution >= 4 is 17.5 Å². The molecule has 0 unspecified atom stereocenters. The fourth-order valence-corrected chi connectivity index (χ4v) is 2.04. The van der Waals surface area contributed by atoms with Gasteiger partial charge >= 0.3 is 0 Å². The lowest BCUT2D eigenvalue weighted by Gasteiger charge is -2.11. The van der Waals surface area contributed by atoms with Crippen LogP contribution in [0.1, 0.15) is 11.1 Å². The Labute approximate surface area is 135 Å². The fourth-order valence-electron chi connectivity index (χ4n) is 2.04. The highest BCUT2D eigenvalue weighted by Crippen LogP contribution is 2.19. The van der Waals surface area contributed by atoms with Crippen molar-refractivity contribution in [3.8, 4) is 0 Å². The fraction of sp³-hybridized carbons (Fsp3) is 0.133. The van der Waals surface area contributed by atoms with Gasteiger partial charge in [-0.3, -0.25) is 5.10 Å². The van der Waals surface area contributed by atoms with E-state index in [2.05, 4.69) is 30.8 Å². The van der Waals surface area contributed by atoms with Gasteiger partial charge < -0.3 is 10.6 Å². The van der Waals surface area contributed by atoms with Crippen LogP contribution in [0.5, 0.6) is 0 Å². The number of hydrogen-bond donors (Lipinski definition) is 3. The molecule has 0 amide bonds. The second-order valence-corrected chi connectivity index (χ2v) is 5.04. The molecule has 124 valence electrons. The average Bonchev–Trinajstić information content (AvgIpc) is 3.02. The summed E-state index contributed by atoms with van der Waals surface area (Å²) in [6.07, 6.45) is 4.74. The van der Waals surface area contributed by atoms with Gasteiger partial charge in [0.05, 0.1) is 11.9 Å². The number of hydrogen-bond acceptors (Lipinski definition) is 5. The van der Waals surface area contributed by atoms with Gasteiger partial charge in [-0.1, -0.05) is 0 Å². The quantitative estimate of drug-likeness (QED) is 0.667. The Balaban J connectivity index is 1.77. The lowest BCUT2D eigenvalue weighted by atomic mass is 10.2. The summed E-state index contributed by atoms with van der Waals surface area (Å²) in [6, 6.07) is 1.28. The summed E-state index contributed by atoms with van der Waals surface area (Å²) in [6.45, 7) is 1.57. The molecule has 3 aromatic rings. The summed E-state index contributed by atoms with van der Waals surface area (Å²) in [7, 11) is 0. The van der Waals surface area contributed by atoms with Crippen LogP contribution in [0.2, 0.25) is 0 Å². The first-order chi connectivity index (χ1) is 11.5. The van der Waals surface area contributed by atoms with Crippen LogP contribution in [0, 0.1) is 24.4 Å². The molecule has 24 heavy (non-hydrogen) atoms. The Morgan fingerprint density at radius 2 is 1.88 bits per heavy atom. The lowest BCUT2D eigenvalue weighted by Crippen LogP contribution is -2.09. The number of rotatable bonds is 5. The molecule has 2 heterocycles. The number of aromatic nitrogens is 4. The summed E-state index contributed by atoms with van der Waals surface area (Å²) < 4.78 is 40.3. The number of nitrogens with one attached hydrogen (secondary N) is 3. The van der Waals surface area contributed by atoms with Crippen molar-refractivity contribution in [3.63, 3.8) is 0 Å². The van der Waals surface area contributed by atoms with Crippen molar-refractivity contribution in [2.24, 2.45) is 0 Å². The van der Waals surface area contributed by atoms with E-state index in [1.54, 1.807) is 25.5 Å². The highest BCUT2D eigenvalue weighted by Gasteiger charge is 2.12. The monoisotopic (exact) mass is 334 g/mol. The maximum absolute atomic E-state index is 13.7. The van der Waals surface area contributed by atoms with E-state index in [1.807, 2.05) is 0 Å². The largest absolute Gasteiger partial charge is 0.365 e. The second-order valence-electron chi connectivity index (χ2n) is 5.04. The molecular weight excluding hydrogens is 321 g/mol. The Morgan fingerprint density at radius 1 is 1.12 bits per heavy atom. The molecule has 0 saturated heterocycles. The van der Waals surface area contributed by atoms with Crippen molar-refractivity contribution in [3.05, 3.63) is 59.3 Å². The lowest BCUT2D eigenvalue weighted by molar-refractivity contribution is 0.526. The molecule has 9 heteroatoms. The van der Waals surface area contributed by atoms with E-state index in [0.29, 0.717) is 35.1 Å². The SMILES string of the molecule is Cc1cnc(Nc2cn[nH]c2)nc1NCc1c(F)cc(F)cc1F. The number of benzene rings is 1. The van der Waals surface area contributed by atoms with Crippen molar-refractivity contribution in [2.75, 3.05) is 10.6 Å². The van der Waals surface area contributed by atoms with E-state index in [-0.39, 0.29) is 12.1 Å². The minimum atomic E-state index is -0.960. The van der Waals surface area contributed by atoms with Crippen LogP contribution in [-0.2, 0) is 6.54 Å². The van der Waals surface area contributed by atoms with Gasteiger partial charge in [0, 0.05) is 42.2 Å². The average molecular weight is 334 g/mol.